The summed E-state index contributed by atoms with van der Waals surface area (Å²) in [6.45, 7) is 0. The second-order valence-electron chi connectivity index (χ2n) is 2.86. The molecule has 0 unspecified atom stereocenters. The fourth-order valence-corrected chi connectivity index (χ4v) is 1.43. The van der Waals surface area contributed by atoms with Crippen molar-refractivity contribution in [1.82, 2.24) is 5.32 Å². The molecule has 0 aliphatic carbocycles. The molecule has 1 aromatic carbocycles. The van der Waals surface area contributed by atoms with Gasteiger partial charge in [0.1, 0.15) is 12.4 Å². The normalized spacial score (nSPS) is 10.2. The molecule has 0 heterocycles. The molecule has 1 aromatic rings. The summed E-state index contributed by atoms with van der Waals surface area (Å²) in [5.41, 5.74) is 1.13. The van der Waals surface area contributed by atoms with E-state index in [1.165, 1.54) is 17.8 Å². The molecule has 1 rings (SSSR count). The second-order valence-corrected chi connectivity index (χ2v) is 3.66. The van der Waals surface area contributed by atoms with Gasteiger partial charge < -0.3 is 0 Å². The van der Waals surface area contributed by atoms with E-state index in [0.717, 1.165) is 0 Å². The van der Waals surface area contributed by atoms with Crippen LogP contribution in [0, 0.1) is 22.8 Å². The van der Waals surface area contributed by atoms with Crippen molar-refractivity contribution in [3.05, 3.63) is 29.3 Å². The molecule has 0 saturated heterocycles. The monoisotopic (exact) mass is 244 g/mol. The van der Waals surface area contributed by atoms with Crippen molar-refractivity contribution >= 4 is 28.9 Å². The summed E-state index contributed by atoms with van der Waals surface area (Å²) in [7, 11) is 0. The fraction of sp³-hybridized carbons (Fsp3) is 0.0909. The van der Waals surface area contributed by atoms with Crippen LogP contribution in [-0.4, -0.2) is 17.7 Å². The van der Waals surface area contributed by atoms with Gasteiger partial charge in [0.15, 0.2) is 11.4 Å². The first-order valence-corrected chi connectivity index (χ1v) is 5.74. The van der Waals surface area contributed by atoms with Crippen LogP contribution in [0.15, 0.2) is 23.2 Å². The molecule has 0 aliphatic rings. The van der Waals surface area contributed by atoms with E-state index in [1.807, 2.05) is 6.07 Å². The maximum absolute atomic E-state index is 10.6. The molecular weight excluding hydrogens is 236 g/mol. The molecule has 6 heteroatoms. The second kappa shape index (κ2) is 6.31. The predicted molar refractivity (Wildman–Crippen MR) is 65.9 cm³/mol. The van der Waals surface area contributed by atoms with Crippen molar-refractivity contribution in [2.24, 2.45) is 4.99 Å². The van der Waals surface area contributed by atoms with Crippen molar-refractivity contribution in [2.45, 2.75) is 0 Å². The Bertz CT molecular complexity index is 539. The van der Waals surface area contributed by atoms with Gasteiger partial charge in [-0.15, -0.1) is 0 Å². The third-order valence-corrected chi connectivity index (χ3v) is 2.44. The number of aliphatic imine (C=N–C) groups is 1. The lowest BCUT2D eigenvalue weighted by molar-refractivity contribution is 0.112. The Morgan fingerprint density at radius 1 is 1.53 bits per heavy atom. The Morgan fingerprint density at radius 3 is 2.82 bits per heavy atom. The number of nitrogens with zero attached hydrogens (tertiary/aromatic N) is 3. The molecule has 0 bridgehead atoms. The quantitative estimate of drug-likeness (QED) is 0.281. The number of nitriles is 2. The van der Waals surface area contributed by atoms with Crippen LogP contribution in [0.3, 0.4) is 0 Å². The molecule has 0 aromatic heterocycles. The van der Waals surface area contributed by atoms with Gasteiger partial charge >= 0.3 is 0 Å². The molecule has 84 valence electrons. The summed E-state index contributed by atoms with van der Waals surface area (Å²) < 4.78 is 0. The summed E-state index contributed by atoms with van der Waals surface area (Å²) in [6.07, 6.45) is 4.18. The van der Waals surface area contributed by atoms with Crippen LogP contribution in [0.2, 0.25) is 0 Å². The van der Waals surface area contributed by atoms with Crippen LogP contribution in [0.1, 0.15) is 15.9 Å². The molecular formula is C11H8N4OS. The zero-order chi connectivity index (χ0) is 12.7. The van der Waals surface area contributed by atoms with Crippen LogP contribution in [0.25, 0.3) is 0 Å². The van der Waals surface area contributed by atoms with Gasteiger partial charge in [-0.25, -0.2) is 4.99 Å². The predicted octanol–water partition coefficient (Wildman–Crippen LogP) is 1.79. The smallest absolute Gasteiger partial charge is 0.183 e. The van der Waals surface area contributed by atoms with Crippen LogP contribution in [0.4, 0.5) is 5.69 Å². The lowest BCUT2D eigenvalue weighted by Crippen LogP contribution is -2.12. The van der Waals surface area contributed by atoms with Crippen molar-refractivity contribution in [3.8, 4) is 12.3 Å². The molecule has 0 amide bonds. The van der Waals surface area contributed by atoms with Gasteiger partial charge in [-0.05, 0) is 24.5 Å². The first-order chi connectivity index (χ1) is 8.24. The lowest BCUT2D eigenvalue weighted by atomic mass is 10.1. The number of hydrogen-bond acceptors (Lipinski definition) is 5. The number of rotatable bonds is 2. The first kappa shape index (κ1) is 12.8. The summed E-state index contributed by atoms with van der Waals surface area (Å²) >= 11 is 1.26. The molecule has 0 aliphatic heterocycles. The highest BCUT2D eigenvalue weighted by molar-refractivity contribution is 8.13. The van der Waals surface area contributed by atoms with E-state index in [2.05, 4.69) is 10.3 Å². The third-order valence-electron chi connectivity index (χ3n) is 1.86. The maximum Gasteiger partial charge on any atom is 0.183 e. The molecule has 0 saturated carbocycles. The average Bonchev–Trinajstić information content (AvgIpc) is 2.38. The number of carbonyl (C=O) groups excluding carboxylic acids is 1. The molecule has 0 atom stereocenters. The standard InChI is InChI=1S/C11H8N4OS/c1-17-11(14-7-13)15-10-3-2-8(6-16)4-9(10)5-12/h2-4,6H,1H3,(H,14,15). The lowest BCUT2D eigenvalue weighted by Gasteiger charge is -2.02. The highest BCUT2D eigenvalue weighted by Gasteiger charge is 2.04. The first-order valence-electron chi connectivity index (χ1n) is 4.52. The molecule has 0 radical (unpaired) electrons. The number of hydrogen-bond donors (Lipinski definition) is 1. The van der Waals surface area contributed by atoms with E-state index >= 15 is 0 Å². The van der Waals surface area contributed by atoms with Crippen molar-refractivity contribution in [2.75, 3.05) is 6.26 Å². The van der Waals surface area contributed by atoms with Crippen LogP contribution in [0.5, 0.6) is 0 Å². The van der Waals surface area contributed by atoms with E-state index in [9.17, 15) is 4.79 Å². The summed E-state index contributed by atoms with van der Waals surface area (Å²) in [4.78, 5) is 14.7. The van der Waals surface area contributed by atoms with E-state index in [0.29, 0.717) is 28.3 Å². The van der Waals surface area contributed by atoms with E-state index in [-0.39, 0.29) is 0 Å². The Kier molecular flexibility index (Phi) is 4.74. The number of thioether (sulfide) groups is 1. The van der Waals surface area contributed by atoms with Gasteiger partial charge in [-0.3, -0.25) is 10.1 Å². The van der Waals surface area contributed by atoms with Gasteiger partial charge in [-0.2, -0.15) is 10.5 Å². The van der Waals surface area contributed by atoms with Gasteiger partial charge in [0.05, 0.1) is 11.3 Å². The number of nitrogens with one attached hydrogen (secondary N) is 1. The van der Waals surface area contributed by atoms with Crippen LogP contribution >= 0.6 is 11.8 Å². The molecule has 17 heavy (non-hydrogen) atoms. The van der Waals surface area contributed by atoms with Crippen molar-refractivity contribution < 1.29 is 4.79 Å². The minimum atomic E-state index is 0.292. The van der Waals surface area contributed by atoms with Gasteiger partial charge in [-0.1, -0.05) is 11.8 Å². The Balaban J connectivity index is 3.19. The van der Waals surface area contributed by atoms with Crippen LogP contribution < -0.4 is 5.32 Å². The molecule has 1 N–H and O–H groups in total. The largest absolute Gasteiger partial charge is 0.298 e. The minimum absolute atomic E-state index is 0.292. The molecule has 0 fully saturated rings. The van der Waals surface area contributed by atoms with E-state index < -0.39 is 0 Å². The fourth-order valence-electron chi connectivity index (χ4n) is 1.10. The summed E-state index contributed by atoms with van der Waals surface area (Å²) in [5.74, 6) is 0. The van der Waals surface area contributed by atoms with Crippen molar-refractivity contribution in [1.29, 1.82) is 10.5 Å². The minimum Gasteiger partial charge on any atom is -0.298 e. The van der Waals surface area contributed by atoms with Crippen molar-refractivity contribution in [3.63, 3.8) is 0 Å². The van der Waals surface area contributed by atoms with E-state index in [4.69, 9.17) is 10.5 Å². The third kappa shape index (κ3) is 3.33. The number of aldehydes is 1. The number of carbonyl (C=O) groups is 1. The number of benzene rings is 1. The summed E-state index contributed by atoms with van der Waals surface area (Å²) in [5, 5.41) is 20.2. The van der Waals surface area contributed by atoms with E-state index in [1.54, 1.807) is 24.6 Å². The Morgan fingerprint density at radius 2 is 2.29 bits per heavy atom. The number of amidine groups is 1. The Hall–Kier alpha value is -2.31. The highest BCUT2D eigenvalue weighted by Crippen LogP contribution is 2.20. The maximum atomic E-state index is 10.6. The average molecular weight is 244 g/mol. The zero-order valence-electron chi connectivity index (χ0n) is 8.97. The topological polar surface area (TPSA) is 89.0 Å². The van der Waals surface area contributed by atoms with Gasteiger partial charge in [0.25, 0.3) is 0 Å². The zero-order valence-corrected chi connectivity index (χ0v) is 9.78. The van der Waals surface area contributed by atoms with Gasteiger partial charge in [0.2, 0.25) is 0 Å². The SMILES string of the molecule is CSC(=Nc1ccc(C=O)cc1C#N)NC#N. The Labute approximate surface area is 103 Å². The van der Waals surface area contributed by atoms with Gasteiger partial charge in [0, 0.05) is 5.56 Å². The van der Waals surface area contributed by atoms with Crippen LogP contribution in [-0.2, 0) is 0 Å². The summed E-state index contributed by atoms with van der Waals surface area (Å²) in [6, 6.07) is 6.54. The highest BCUT2D eigenvalue weighted by atomic mass is 32.2. The molecule has 0 spiro atoms. The molecule has 5 nitrogen and oxygen atoms in total.